The molecule has 0 fully saturated rings. The van der Waals surface area contributed by atoms with Gasteiger partial charge in [0.15, 0.2) is 0 Å². The lowest BCUT2D eigenvalue weighted by Gasteiger charge is -2.08. The van der Waals surface area contributed by atoms with Crippen LogP contribution in [-0.4, -0.2) is 18.0 Å². The normalized spacial score (nSPS) is 13.0. The Morgan fingerprint density at radius 3 is 1.70 bits per heavy atom. The monoisotopic (exact) mass is 438 g/mol. The van der Waals surface area contributed by atoms with Gasteiger partial charge in [-0.15, -0.1) is 0 Å². The van der Waals surface area contributed by atoms with Gasteiger partial charge in [-0.3, -0.25) is 0 Å². The summed E-state index contributed by atoms with van der Waals surface area (Å²) in [5.41, 5.74) is 7.98. The van der Waals surface area contributed by atoms with Crippen molar-refractivity contribution >= 4 is 11.4 Å². The summed E-state index contributed by atoms with van der Waals surface area (Å²) in [5, 5.41) is 8.87. The van der Waals surface area contributed by atoms with Gasteiger partial charge >= 0.3 is 0 Å². The van der Waals surface area contributed by atoms with Crippen molar-refractivity contribution in [3.63, 3.8) is 0 Å². The van der Waals surface area contributed by atoms with Crippen LogP contribution in [-0.2, 0) is 0 Å². The van der Waals surface area contributed by atoms with Gasteiger partial charge in [-0.1, -0.05) is 105 Å². The van der Waals surface area contributed by atoms with Crippen molar-refractivity contribution in [1.29, 1.82) is 0 Å². The highest BCUT2D eigenvalue weighted by atomic mass is 16.5. The third-order valence-corrected chi connectivity index (χ3v) is 6.18. The Morgan fingerprint density at radius 1 is 0.606 bits per heavy atom. The van der Waals surface area contributed by atoms with Crippen LogP contribution in [0, 0.1) is 6.92 Å². The lowest BCUT2D eigenvalue weighted by Crippen LogP contribution is -2.05. The van der Waals surface area contributed by atoms with Crippen molar-refractivity contribution in [2.75, 3.05) is 6.61 Å². The van der Waals surface area contributed by atoms with E-state index in [1.807, 2.05) is 0 Å². The van der Waals surface area contributed by atoms with Crippen molar-refractivity contribution in [2.24, 2.45) is 10.2 Å². The Kier molecular flexibility index (Phi) is 8.08. The van der Waals surface area contributed by atoms with Crippen molar-refractivity contribution in [3.8, 4) is 16.9 Å². The van der Waals surface area contributed by atoms with Crippen LogP contribution in [0.1, 0.15) is 68.6 Å². The first-order valence-electron chi connectivity index (χ1n) is 12.3. The quantitative estimate of drug-likeness (QED) is 0.279. The molecular weight excluding hydrogens is 404 g/mol. The number of rotatable bonds is 11. The van der Waals surface area contributed by atoms with Crippen LogP contribution in [0.25, 0.3) is 11.1 Å². The zero-order valence-electron chi connectivity index (χ0n) is 19.9. The Hall–Kier alpha value is -3.20. The van der Waals surface area contributed by atoms with E-state index in [1.54, 1.807) is 0 Å². The minimum absolute atomic E-state index is 0.771. The van der Waals surface area contributed by atoms with Gasteiger partial charge in [0.1, 0.15) is 5.75 Å². The van der Waals surface area contributed by atoms with Crippen molar-refractivity contribution in [1.82, 2.24) is 0 Å². The molecule has 3 aromatic carbocycles. The summed E-state index contributed by atoms with van der Waals surface area (Å²) in [4.78, 5) is 0. The van der Waals surface area contributed by atoms with Gasteiger partial charge < -0.3 is 4.74 Å². The van der Waals surface area contributed by atoms with Gasteiger partial charge in [0.25, 0.3) is 0 Å². The van der Waals surface area contributed by atoms with Crippen LogP contribution in [0.4, 0.5) is 0 Å². The summed E-state index contributed by atoms with van der Waals surface area (Å²) in [6.45, 7) is 5.15. The average Bonchev–Trinajstić information content (AvgIpc) is 3.35. The van der Waals surface area contributed by atoms with Crippen LogP contribution >= 0.6 is 0 Å². The van der Waals surface area contributed by atoms with E-state index in [0.717, 1.165) is 47.7 Å². The first-order chi connectivity index (χ1) is 16.2. The predicted molar refractivity (Wildman–Crippen MR) is 140 cm³/mol. The van der Waals surface area contributed by atoms with Crippen LogP contribution in [0.3, 0.4) is 0 Å². The molecular formula is C30H34N2O. The van der Waals surface area contributed by atoms with Crippen LogP contribution < -0.4 is 4.74 Å². The third kappa shape index (κ3) is 6.41. The summed E-state index contributed by atoms with van der Waals surface area (Å²) in [5.74, 6) is 0.949. The minimum Gasteiger partial charge on any atom is -0.494 e. The van der Waals surface area contributed by atoms with Crippen LogP contribution in [0.15, 0.2) is 83.0 Å². The molecule has 0 radical (unpaired) electrons. The molecule has 33 heavy (non-hydrogen) atoms. The standard InChI is InChI=1S/C30H34N2O/c1-3-4-5-6-7-8-21-33-28-19-17-25(18-20-28)24-13-15-27(16-14-24)30-22-29(31-32-30)26-11-9-23(2)10-12-26/h9-20H,3-8,21-22H2,1-2H3. The molecule has 0 spiro atoms. The van der Waals surface area contributed by atoms with E-state index in [1.165, 1.54) is 48.8 Å². The van der Waals surface area contributed by atoms with Crippen molar-refractivity contribution < 1.29 is 4.74 Å². The van der Waals surface area contributed by atoms with E-state index < -0.39 is 0 Å². The zero-order valence-corrected chi connectivity index (χ0v) is 19.9. The maximum atomic E-state index is 5.91. The van der Waals surface area contributed by atoms with E-state index >= 15 is 0 Å². The first-order valence-corrected chi connectivity index (χ1v) is 12.3. The molecule has 0 amide bonds. The summed E-state index contributed by atoms with van der Waals surface area (Å²) >= 11 is 0. The molecule has 1 aliphatic rings. The molecule has 0 N–H and O–H groups in total. The van der Waals surface area contributed by atoms with Crippen LogP contribution in [0.5, 0.6) is 5.75 Å². The molecule has 0 unspecified atom stereocenters. The number of ether oxygens (including phenoxy) is 1. The number of benzene rings is 3. The first kappa shape index (κ1) is 23.0. The second kappa shape index (κ2) is 11.6. The number of hydrogen-bond acceptors (Lipinski definition) is 3. The topological polar surface area (TPSA) is 34.0 Å². The summed E-state index contributed by atoms with van der Waals surface area (Å²) in [6.07, 6.45) is 8.46. The van der Waals surface area contributed by atoms with Gasteiger partial charge in [0, 0.05) is 6.42 Å². The summed E-state index contributed by atoms with van der Waals surface area (Å²) < 4.78 is 5.91. The van der Waals surface area contributed by atoms with Crippen molar-refractivity contribution in [3.05, 3.63) is 89.5 Å². The molecule has 0 saturated carbocycles. The van der Waals surface area contributed by atoms with Gasteiger partial charge in [0.05, 0.1) is 18.0 Å². The third-order valence-electron chi connectivity index (χ3n) is 6.18. The molecule has 0 aromatic heterocycles. The lowest BCUT2D eigenvalue weighted by atomic mass is 9.98. The number of aryl methyl sites for hydroxylation is 1. The van der Waals surface area contributed by atoms with Gasteiger partial charge in [0.2, 0.25) is 0 Å². The molecule has 0 atom stereocenters. The lowest BCUT2D eigenvalue weighted by molar-refractivity contribution is 0.304. The van der Waals surface area contributed by atoms with Crippen LogP contribution in [0.2, 0.25) is 0 Å². The van der Waals surface area contributed by atoms with E-state index in [4.69, 9.17) is 4.74 Å². The highest BCUT2D eigenvalue weighted by molar-refractivity contribution is 6.20. The highest BCUT2D eigenvalue weighted by Gasteiger charge is 2.16. The summed E-state index contributed by atoms with van der Waals surface area (Å²) in [7, 11) is 0. The maximum absolute atomic E-state index is 5.91. The van der Waals surface area contributed by atoms with Gasteiger partial charge in [-0.2, -0.15) is 10.2 Å². The Labute approximate surface area is 198 Å². The number of hydrogen-bond donors (Lipinski definition) is 0. The SMILES string of the molecule is CCCCCCCCOc1ccc(-c2ccc(C3=NN=C(c4ccc(C)cc4)C3)cc2)cc1. The number of nitrogens with zero attached hydrogens (tertiary/aromatic N) is 2. The maximum Gasteiger partial charge on any atom is 0.119 e. The highest BCUT2D eigenvalue weighted by Crippen LogP contribution is 2.25. The fraction of sp³-hybridized carbons (Fsp3) is 0.333. The number of unbranched alkanes of at least 4 members (excludes halogenated alkanes) is 5. The molecule has 1 heterocycles. The fourth-order valence-corrected chi connectivity index (χ4v) is 4.09. The largest absolute Gasteiger partial charge is 0.494 e. The Morgan fingerprint density at radius 2 is 1.09 bits per heavy atom. The second-order valence-corrected chi connectivity index (χ2v) is 8.85. The second-order valence-electron chi connectivity index (χ2n) is 8.85. The molecule has 3 heteroatoms. The molecule has 1 aliphatic heterocycles. The van der Waals surface area contributed by atoms with Crippen molar-refractivity contribution in [2.45, 2.75) is 58.8 Å². The van der Waals surface area contributed by atoms with E-state index in [9.17, 15) is 0 Å². The van der Waals surface area contributed by atoms with Gasteiger partial charge in [-0.25, -0.2) is 0 Å². The average molecular weight is 439 g/mol. The molecule has 170 valence electrons. The summed E-state index contributed by atoms with van der Waals surface area (Å²) in [6, 6.07) is 25.5. The fourth-order valence-electron chi connectivity index (χ4n) is 4.09. The van der Waals surface area contributed by atoms with E-state index in [-0.39, 0.29) is 0 Å². The molecule has 3 nitrogen and oxygen atoms in total. The zero-order chi connectivity index (χ0) is 22.9. The van der Waals surface area contributed by atoms with E-state index in [2.05, 4.69) is 96.8 Å². The Balaban J connectivity index is 1.27. The molecule has 0 saturated heterocycles. The molecule has 4 rings (SSSR count). The molecule has 0 aliphatic carbocycles. The minimum atomic E-state index is 0.771. The predicted octanol–water partition coefficient (Wildman–Crippen LogP) is 8.00. The smallest absolute Gasteiger partial charge is 0.119 e. The molecule has 3 aromatic rings. The molecule has 0 bridgehead atoms. The van der Waals surface area contributed by atoms with Gasteiger partial charge in [-0.05, 0) is 47.7 Å². The Bertz CT molecular complexity index is 1080. The van der Waals surface area contributed by atoms with E-state index in [0.29, 0.717) is 0 Å².